The van der Waals surface area contributed by atoms with Crippen molar-refractivity contribution in [3.63, 3.8) is 0 Å². The summed E-state index contributed by atoms with van der Waals surface area (Å²) in [6, 6.07) is 0. The zero-order valence-electron chi connectivity index (χ0n) is 18.8. The highest BCUT2D eigenvalue weighted by Crippen LogP contribution is 2.45. The number of hydrogen-bond acceptors (Lipinski definition) is 2. The first kappa shape index (κ1) is 22.2. The molecular weight excluding hydrogens is 344 g/mol. The van der Waals surface area contributed by atoms with Gasteiger partial charge in [-0.05, 0) is 100 Å². The molecule has 3 saturated carbocycles. The molecule has 0 aromatic heterocycles. The fourth-order valence-corrected chi connectivity index (χ4v) is 6.60. The lowest BCUT2D eigenvalue weighted by molar-refractivity contribution is -0.151. The van der Waals surface area contributed by atoms with Crippen molar-refractivity contribution in [3.05, 3.63) is 0 Å². The molecule has 0 radical (unpaired) electrons. The van der Waals surface area contributed by atoms with Gasteiger partial charge in [-0.2, -0.15) is 0 Å². The molecule has 3 aliphatic carbocycles. The minimum absolute atomic E-state index is 0.0511. The van der Waals surface area contributed by atoms with Gasteiger partial charge in [0.25, 0.3) is 0 Å². The van der Waals surface area contributed by atoms with Crippen molar-refractivity contribution in [2.45, 2.75) is 129 Å². The monoisotopic (exact) mass is 390 g/mol. The number of carbonyl (C=O) groups excluding carboxylic acids is 1. The zero-order chi connectivity index (χ0) is 19.8. The summed E-state index contributed by atoms with van der Waals surface area (Å²) in [6.45, 7) is 4.55. The molecule has 3 rings (SSSR count). The predicted octanol–water partition coefficient (Wildman–Crippen LogP) is 7.69. The Kier molecular flexibility index (Phi) is 9.18. The van der Waals surface area contributed by atoms with Gasteiger partial charge >= 0.3 is 5.97 Å². The van der Waals surface area contributed by atoms with Gasteiger partial charge in [0.1, 0.15) is 6.10 Å². The van der Waals surface area contributed by atoms with Crippen LogP contribution in [0.15, 0.2) is 0 Å². The third-order valence-corrected chi connectivity index (χ3v) is 8.62. The van der Waals surface area contributed by atoms with Crippen molar-refractivity contribution in [2.24, 2.45) is 29.6 Å². The highest BCUT2D eigenvalue weighted by molar-refractivity contribution is 5.69. The van der Waals surface area contributed by atoms with Gasteiger partial charge in [0, 0.05) is 6.42 Å². The molecule has 0 bridgehead atoms. The third-order valence-electron chi connectivity index (χ3n) is 8.62. The maximum absolute atomic E-state index is 12.0. The first-order chi connectivity index (χ1) is 13.7. The standard InChI is InChI=1S/C26H46O2/c1-3-5-6-7-26(27)28-25-18-16-24(17-19-25)23-14-12-22(13-15-23)21-10-8-20(4-2)9-11-21/h20-25H,3-19H2,1-2H3. The molecule has 0 saturated heterocycles. The average molecular weight is 391 g/mol. The Bertz CT molecular complexity index is 435. The van der Waals surface area contributed by atoms with E-state index in [0.717, 1.165) is 55.3 Å². The molecule has 2 nitrogen and oxygen atoms in total. The number of esters is 1. The van der Waals surface area contributed by atoms with Gasteiger partial charge in [-0.3, -0.25) is 4.79 Å². The van der Waals surface area contributed by atoms with Crippen molar-refractivity contribution in [1.82, 2.24) is 0 Å². The van der Waals surface area contributed by atoms with Gasteiger partial charge in [-0.15, -0.1) is 0 Å². The van der Waals surface area contributed by atoms with Crippen LogP contribution in [0.5, 0.6) is 0 Å². The molecule has 0 amide bonds. The topological polar surface area (TPSA) is 26.3 Å². The minimum atomic E-state index is 0.0511. The van der Waals surface area contributed by atoms with Gasteiger partial charge in [-0.25, -0.2) is 0 Å². The van der Waals surface area contributed by atoms with Crippen molar-refractivity contribution in [3.8, 4) is 0 Å². The lowest BCUT2D eigenvalue weighted by atomic mass is 9.65. The lowest BCUT2D eigenvalue weighted by Gasteiger charge is -2.41. The first-order valence-corrected chi connectivity index (χ1v) is 12.9. The van der Waals surface area contributed by atoms with Crippen molar-refractivity contribution in [2.75, 3.05) is 0 Å². The van der Waals surface area contributed by atoms with Gasteiger partial charge in [0.15, 0.2) is 0 Å². The Morgan fingerprint density at radius 1 is 0.679 bits per heavy atom. The van der Waals surface area contributed by atoms with E-state index in [-0.39, 0.29) is 12.1 Å². The highest BCUT2D eigenvalue weighted by atomic mass is 16.5. The van der Waals surface area contributed by atoms with Crippen LogP contribution < -0.4 is 0 Å². The van der Waals surface area contributed by atoms with E-state index in [0.29, 0.717) is 6.42 Å². The van der Waals surface area contributed by atoms with Crippen LogP contribution in [0.2, 0.25) is 0 Å². The van der Waals surface area contributed by atoms with E-state index in [1.54, 1.807) is 0 Å². The molecule has 0 heterocycles. The number of unbranched alkanes of at least 4 members (excludes halogenated alkanes) is 2. The lowest BCUT2D eigenvalue weighted by Crippen LogP contribution is -2.31. The maximum Gasteiger partial charge on any atom is 0.306 e. The van der Waals surface area contributed by atoms with Crippen LogP contribution in [0.4, 0.5) is 0 Å². The summed E-state index contributed by atoms with van der Waals surface area (Å²) in [5, 5.41) is 0. The van der Waals surface area contributed by atoms with Gasteiger partial charge in [0.2, 0.25) is 0 Å². The molecule has 2 heteroatoms. The fraction of sp³-hybridized carbons (Fsp3) is 0.962. The molecule has 0 aromatic carbocycles. The van der Waals surface area contributed by atoms with Crippen LogP contribution in [0.1, 0.15) is 123 Å². The maximum atomic E-state index is 12.0. The molecule has 0 atom stereocenters. The Morgan fingerprint density at radius 2 is 1.14 bits per heavy atom. The molecule has 0 aliphatic heterocycles. The zero-order valence-corrected chi connectivity index (χ0v) is 18.8. The van der Waals surface area contributed by atoms with Crippen LogP contribution in [-0.2, 0) is 9.53 Å². The summed E-state index contributed by atoms with van der Waals surface area (Å²) in [5.74, 6) is 5.04. The van der Waals surface area contributed by atoms with Gasteiger partial charge < -0.3 is 4.74 Å². The second kappa shape index (κ2) is 11.6. The smallest absolute Gasteiger partial charge is 0.306 e. The largest absolute Gasteiger partial charge is 0.462 e. The van der Waals surface area contributed by atoms with E-state index in [4.69, 9.17) is 4.74 Å². The summed E-state index contributed by atoms with van der Waals surface area (Å²) in [4.78, 5) is 12.0. The van der Waals surface area contributed by atoms with Crippen LogP contribution in [-0.4, -0.2) is 12.1 Å². The van der Waals surface area contributed by atoms with E-state index in [9.17, 15) is 4.79 Å². The van der Waals surface area contributed by atoms with Crippen LogP contribution >= 0.6 is 0 Å². The summed E-state index contributed by atoms with van der Waals surface area (Å²) in [5.41, 5.74) is 0. The van der Waals surface area contributed by atoms with E-state index in [1.807, 2.05) is 0 Å². The van der Waals surface area contributed by atoms with Crippen molar-refractivity contribution >= 4 is 5.97 Å². The molecule has 28 heavy (non-hydrogen) atoms. The van der Waals surface area contributed by atoms with Gasteiger partial charge in [-0.1, -0.05) is 46.0 Å². The second-order valence-electron chi connectivity index (χ2n) is 10.3. The first-order valence-electron chi connectivity index (χ1n) is 12.9. The summed E-state index contributed by atoms with van der Waals surface area (Å²) >= 11 is 0. The number of ether oxygens (including phenoxy) is 1. The molecular formula is C26H46O2. The van der Waals surface area contributed by atoms with Gasteiger partial charge in [0.05, 0.1) is 0 Å². The Labute approximate surface area is 174 Å². The summed E-state index contributed by atoms with van der Waals surface area (Å²) in [7, 11) is 0. The van der Waals surface area contributed by atoms with Crippen LogP contribution in [0.25, 0.3) is 0 Å². The highest BCUT2D eigenvalue weighted by Gasteiger charge is 2.35. The Balaban J connectivity index is 1.31. The quantitative estimate of drug-likeness (QED) is 0.313. The second-order valence-corrected chi connectivity index (χ2v) is 10.3. The molecule has 0 N–H and O–H groups in total. The summed E-state index contributed by atoms with van der Waals surface area (Å²) in [6.07, 6.45) is 22.4. The normalized spacial score (nSPS) is 36.8. The van der Waals surface area contributed by atoms with Crippen molar-refractivity contribution < 1.29 is 9.53 Å². The molecule has 162 valence electrons. The van der Waals surface area contributed by atoms with Crippen LogP contribution in [0, 0.1) is 29.6 Å². The molecule has 0 spiro atoms. The molecule has 0 unspecified atom stereocenters. The fourth-order valence-electron chi connectivity index (χ4n) is 6.60. The molecule has 0 aromatic rings. The number of rotatable bonds is 8. The van der Waals surface area contributed by atoms with E-state index in [1.165, 1.54) is 77.0 Å². The Morgan fingerprint density at radius 3 is 1.61 bits per heavy atom. The Hall–Kier alpha value is -0.530. The predicted molar refractivity (Wildman–Crippen MR) is 117 cm³/mol. The number of hydrogen-bond donors (Lipinski definition) is 0. The van der Waals surface area contributed by atoms with Crippen molar-refractivity contribution in [1.29, 1.82) is 0 Å². The van der Waals surface area contributed by atoms with Crippen LogP contribution in [0.3, 0.4) is 0 Å². The average Bonchev–Trinajstić information content (AvgIpc) is 2.75. The molecule has 3 fully saturated rings. The van der Waals surface area contributed by atoms with E-state index >= 15 is 0 Å². The van der Waals surface area contributed by atoms with E-state index in [2.05, 4.69) is 13.8 Å². The SMILES string of the molecule is CCCCCC(=O)OC1CCC(C2CCC(C3CCC(CC)CC3)CC2)CC1. The molecule has 3 aliphatic rings. The summed E-state index contributed by atoms with van der Waals surface area (Å²) < 4.78 is 5.75. The minimum Gasteiger partial charge on any atom is -0.462 e. The third kappa shape index (κ3) is 6.49. The van der Waals surface area contributed by atoms with E-state index < -0.39 is 0 Å². The number of carbonyl (C=O) groups is 1.